The van der Waals surface area contributed by atoms with Crippen LogP contribution < -0.4 is 5.32 Å². The third kappa shape index (κ3) is 2.86. The normalized spacial score (nSPS) is 31.1. The number of thiophene rings is 1. The van der Waals surface area contributed by atoms with Crippen molar-refractivity contribution in [1.29, 1.82) is 5.41 Å². The number of aromatic nitrogens is 1. The van der Waals surface area contributed by atoms with Crippen molar-refractivity contribution in [1.82, 2.24) is 10.3 Å². The van der Waals surface area contributed by atoms with Crippen molar-refractivity contribution in [2.75, 3.05) is 0 Å². The van der Waals surface area contributed by atoms with Crippen LogP contribution in [0.2, 0.25) is 0 Å². The SMILES string of the molecule is CC1(C)CCC2(C(=N)c3cc4sc(CC5CCCCC5)cc4[nH]3)NC2C1. The van der Waals surface area contributed by atoms with Gasteiger partial charge in [-0.1, -0.05) is 46.0 Å². The first-order valence-electron chi connectivity index (χ1n) is 10.4. The second-order valence-electron chi connectivity index (χ2n) is 9.79. The molecule has 3 aliphatic rings. The highest BCUT2D eigenvalue weighted by atomic mass is 32.1. The lowest BCUT2D eigenvalue weighted by atomic mass is 9.71. The maximum absolute atomic E-state index is 8.83. The smallest absolute Gasteiger partial charge is 0.0781 e. The van der Waals surface area contributed by atoms with Gasteiger partial charge >= 0.3 is 0 Å². The Morgan fingerprint density at radius 1 is 1.19 bits per heavy atom. The zero-order valence-corrected chi connectivity index (χ0v) is 16.9. The molecule has 3 nitrogen and oxygen atoms in total. The average Bonchev–Trinajstić information content (AvgIpc) is 2.98. The summed E-state index contributed by atoms with van der Waals surface area (Å²) >= 11 is 1.94. The Balaban J connectivity index is 1.31. The minimum atomic E-state index is -0.0482. The molecular formula is C22H31N3S. The van der Waals surface area contributed by atoms with Crippen LogP contribution in [0.1, 0.15) is 75.8 Å². The van der Waals surface area contributed by atoms with Crippen molar-refractivity contribution < 1.29 is 0 Å². The van der Waals surface area contributed by atoms with Gasteiger partial charge in [0.05, 0.1) is 27.2 Å². The summed E-state index contributed by atoms with van der Waals surface area (Å²) in [4.78, 5) is 5.09. The van der Waals surface area contributed by atoms with Crippen LogP contribution in [-0.2, 0) is 6.42 Å². The monoisotopic (exact) mass is 369 g/mol. The summed E-state index contributed by atoms with van der Waals surface area (Å²) in [5.41, 5.74) is 3.43. The van der Waals surface area contributed by atoms with E-state index < -0.39 is 0 Å². The fraction of sp³-hybridized carbons (Fsp3) is 0.682. The van der Waals surface area contributed by atoms with Crippen LogP contribution in [0.3, 0.4) is 0 Å². The third-order valence-electron chi connectivity index (χ3n) is 7.18. The molecule has 0 radical (unpaired) electrons. The van der Waals surface area contributed by atoms with Crippen molar-refractivity contribution in [3.8, 4) is 0 Å². The number of aromatic amines is 1. The van der Waals surface area contributed by atoms with Crippen LogP contribution in [0.25, 0.3) is 10.2 Å². The highest BCUT2D eigenvalue weighted by Crippen LogP contribution is 2.49. The van der Waals surface area contributed by atoms with Gasteiger partial charge in [0.15, 0.2) is 0 Å². The summed E-state index contributed by atoms with van der Waals surface area (Å²) in [6.07, 6.45) is 11.8. The Morgan fingerprint density at radius 3 is 2.73 bits per heavy atom. The number of rotatable bonds is 4. The van der Waals surface area contributed by atoms with Gasteiger partial charge in [0.1, 0.15) is 0 Å². The van der Waals surface area contributed by atoms with Gasteiger partial charge in [0.2, 0.25) is 0 Å². The number of fused-ring (bicyclic) bond motifs is 2. The zero-order valence-electron chi connectivity index (χ0n) is 16.1. The topological polar surface area (TPSA) is 61.6 Å². The number of hydrogen-bond donors (Lipinski definition) is 3. The van der Waals surface area contributed by atoms with Crippen LogP contribution in [0, 0.1) is 16.7 Å². The lowest BCUT2D eigenvalue weighted by Gasteiger charge is -2.32. The van der Waals surface area contributed by atoms with E-state index in [9.17, 15) is 0 Å². The maximum Gasteiger partial charge on any atom is 0.0781 e. The summed E-state index contributed by atoms with van der Waals surface area (Å²) in [7, 11) is 0. The third-order valence-corrected chi connectivity index (χ3v) is 8.29. The first-order valence-corrected chi connectivity index (χ1v) is 11.3. The molecule has 2 atom stereocenters. The fourth-order valence-corrected chi connectivity index (χ4v) is 6.60. The molecule has 1 aliphatic heterocycles. The van der Waals surface area contributed by atoms with Crippen molar-refractivity contribution in [3.63, 3.8) is 0 Å². The molecule has 2 aromatic rings. The molecule has 140 valence electrons. The van der Waals surface area contributed by atoms with Gasteiger partial charge in [0, 0.05) is 10.9 Å². The van der Waals surface area contributed by atoms with E-state index in [-0.39, 0.29) is 5.54 Å². The standard InChI is InChI=1S/C22H31N3S/c1-21(2)8-9-22(19(13-21)25-22)20(23)17-12-18-16(24-17)11-15(26-18)10-14-6-4-3-5-7-14/h11-12,14,19,23-25H,3-10,13H2,1-2H3. The van der Waals surface area contributed by atoms with Crippen LogP contribution >= 0.6 is 11.3 Å². The van der Waals surface area contributed by atoms with Crippen LogP contribution in [0.5, 0.6) is 0 Å². The quantitative estimate of drug-likeness (QED) is 0.474. The molecule has 0 amide bonds. The Kier molecular flexibility index (Phi) is 3.88. The van der Waals surface area contributed by atoms with Gasteiger partial charge in [-0.3, -0.25) is 5.32 Å². The molecule has 2 unspecified atom stereocenters. The van der Waals surface area contributed by atoms with E-state index in [1.165, 1.54) is 66.5 Å². The molecule has 2 aliphatic carbocycles. The molecule has 1 saturated heterocycles. The molecule has 2 saturated carbocycles. The van der Waals surface area contributed by atoms with Gasteiger partial charge in [0.25, 0.3) is 0 Å². The predicted molar refractivity (Wildman–Crippen MR) is 111 cm³/mol. The van der Waals surface area contributed by atoms with E-state index in [4.69, 9.17) is 5.41 Å². The molecule has 0 spiro atoms. The van der Waals surface area contributed by atoms with Crippen LogP contribution in [0.4, 0.5) is 0 Å². The van der Waals surface area contributed by atoms with E-state index in [1.807, 2.05) is 11.3 Å². The van der Waals surface area contributed by atoms with Gasteiger partial charge in [-0.15, -0.1) is 11.3 Å². The number of H-pyrrole nitrogens is 1. The number of nitrogens with one attached hydrogen (secondary N) is 3. The highest BCUT2D eigenvalue weighted by molar-refractivity contribution is 7.19. The van der Waals surface area contributed by atoms with E-state index in [0.717, 1.165) is 23.7 Å². The fourth-order valence-electron chi connectivity index (χ4n) is 5.43. The molecule has 3 heterocycles. The first-order chi connectivity index (χ1) is 12.5. The van der Waals surface area contributed by atoms with Crippen molar-refractivity contribution in [2.24, 2.45) is 11.3 Å². The highest BCUT2D eigenvalue weighted by Gasteiger charge is 2.61. The second kappa shape index (κ2) is 5.93. The Labute approximate surface area is 160 Å². The summed E-state index contributed by atoms with van der Waals surface area (Å²) in [5, 5.41) is 12.5. The van der Waals surface area contributed by atoms with Gasteiger partial charge < -0.3 is 10.4 Å². The average molecular weight is 370 g/mol. The predicted octanol–water partition coefficient (Wildman–Crippen LogP) is 5.64. The minimum Gasteiger partial charge on any atom is -0.353 e. The van der Waals surface area contributed by atoms with Crippen molar-refractivity contribution >= 4 is 27.3 Å². The molecule has 3 N–H and O–H groups in total. The van der Waals surface area contributed by atoms with Crippen molar-refractivity contribution in [2.45, 2.75) is 83.2 Å². The van der Waals surface area contributed by atoms with Crippen LogP contribution in [-0.4, -0.2) is 22.3 Å². The van der Waals surface area contributed by atoms with Crippen LogP contribution in [0.15, 0.2) is 12.1 Å². The largest absolute Gasteiger partial charge is 0.353 e. The molecular weight excluding hydrogens is 338 g/mol. The molecule has 5 rings (SSSR count). The maximum atomic E-state index is 8.83. The lowest BCUT2D eigenvalue weighted by molar-refractivity contribution is 0.259. The van der Waals surface area contributed by atoms with E-state index in [2.05, 4.69) is 36.3 Å². The van der Waals surface area contributed by atoms with Gasteiger partial charge in [-0.2, -0.15) is 0 Å². The second-order valence-corrected chi connectivity index (χ2v) is 11.0. The van der Waals surface area contributed by atoms with Gasteiger partial charge in [-0.25, -0.2) is 0 Å². The van der Waals surface area contributed by atoms with Gasteiger partial charge in [-0.05, 0) is 49.1 Å². The molecule has 4 heteroatoms. The molecule has 26 heavy (non-hydrogen) atoms. The van der Waals surface area contributed by atoms with E-state index in [0.29, 0.717) is 11.5 Å². The Morgan fingerprint density at radius 2 is 2.00 bits per heavy atom. The summed E-state index contributed by atoms with van der Waals surface area (Å²) in [5.74, 6) is 0.894. The first kappa shape index (κ1) is 17.0. The molecule has 0 bridgehead atoms. The summed E-state index contributed by atoms with van der Waals surface area (Å²) in [6.45, 7) is 4.72. The number of hydrogen-bond acceptors (Lipinski definition) is 3. The molecule has 0 aromatic carbocycles. The van der Waals surface area contributed by atoms with Crippen molar-refractivity contribution in [3.05, 3.63) is 22.7 Å². The molecule has 3 fully saturated rings. The zero-order chi connectivity index (χ0) is 17.9. The molecule has 2 aromatic heterocycles. The van der Waals surface area contributed by atoms with E-state index >= 15 is 0 Å². The van der Waals surface area contributed by atoms with E-state index in [1.54, 1.807) is 0 Å². The Bertz CT molecular complexity index is 807. The minimum absolute atomic E-state index is 0.0482. The summed E-state index contributed by atoms with van der Waals surface area (Å²) in [6, 6.07) is 5.09. The Hall–Kier alpha value is -1.13. The lowest BCUT2D eigenvalue weighted by Crippen LogP contribution is -2.36. The summed E-state index contributed by atoms with van der Waals surface area (Å²) < 4.78 is 1.33.